The molecular formula is C15H17NOS. The molecule has 2 N–H and O–H groups in total. The van der Waals surface area contributed by atoms with Gasteiger partial charge in [-0.05, 0) is 55.3 Å². The second-order valence-corrected chi connectivity index (χ2v) is 5.38. The number of nitrogen functional groups attached to an aromatic ring is 1. The van der Waals surface area contributed by atoms with Gasteiger partial charge in [-0.1, -0.05) is 17.8 Å². The monoisotopic (exact) mass is 259 g/mol. The molecule has 0 radical (unpaired) electrons. The van der Waals surface area contributed by atoms with E-state index in [9.17, 15) is 0 Å². The van der Waals surface area contributed by atoms with Gasteiger partial charge in [0.05, 0.1) is 7.11 Å². The molecule has 0 spiro atoms. The van der Waals surface area contributed by atoms with Crippen LogP contribution in [0.25, 0.3) is 0 Å². The van der Waals surface area contributed by atoms with Gasteiger partial charge in [0.1, 0.15) is 5.75 Å². The third-order valence-corrected chi connectivity index (χ3v) is 3.93. The van der Waals surface area contributed by atoms with E-state index in [0.717, 1.165) is 21.9 Å². The molecule has 18 heavy (non-hydrogen) atoms. The van der Waals surface area contributed by atoms with E-state index < -0.39 is 0 Å². The maximum Gasteiger partial charge on any atom is 0.122 e. The Bertz CT molecular complexity index is 566. The third kappa shape index (κ3) is 2.79. The maximum atomic E-state index is 5.79. The van der Waals surface area contributed by atoms with E-state index in [1.54, 1.807) is 18.9 Å². The van der Waals surface area contributed by atoms with Crippen molar-refractivity contribution in [1.82, 2.24) is 0 Å². The molecule has 0 aliphatic rings. The summed E-state index contributed by atoms with van der Waals surface area (Å²) in [6, 6.07) is 12.2. The summed E-state index contributed by atoms with van der Waals surface area (Å²) in [5, 5.41) is 0. The molecule has 0 saturated heterocycles. The largest absolute Gasteiger partial charge is 0.496 e. The zero-order valence-electron chi connectivity index (χ0n) is 10.9. The van der Waals surface area contributed by atoms with E-state index in [2.05, 4.69) is 32.0 Å². The zero-order valence-corrected chi connectivity index (χ0v) is 11.7. The Morgan fingerprint density at radius 1 is 1.06 bits per heavy atom. The summed E-state index contributed by atoms with van der Waals surface area (Å²) in [5.41, 5.74) is 8.95. The molecule has 0 amide bonds. The fourth-order valence-corrected chi connectivity index (χ4v) is 2.85. The van der Waals surface area contributed by atoms with Crippen molar-refractivity contribution < 1.29 is 4.74 Å². The Morgan fingerprint density at radius 2 is 1.83 bits per heavy atom. The fraction of sp³-hybridized carbons (Fsp3) is 0.200. The van der Waals surface area contributed by atoms with E-state index >= 15 is 0 Å². The number of aryl methyl sites for hydroxylation is 2. The minimum Gasteiger partial charge on any atom is -0.496 e. The molecule has 0 aromatic heterocycles. The molecule has 0 bridgehead atoms. The summed E-state index contributed by atoms with van der Waals surface area (Å²) in [6.45, 7) is 4.15. The molecular weight excluding hydrogens is 242 g/mol. The molecule has 0 saturated carbocycles. The molecule has 3 heteroatoms. The lowest BCUT2D eigenvalue weighted by Gasteiger charge is -2.11. The van der Waals surface area contributed by atoms with Crippen LogP contribution in [0.3, 0.4) is 0 Å². The van der Waals surface area contributed by atoms with Gasteiger partial charge in [0, 0.05) is 15.5 Å². The molecule has 0 atom stereocenters. The minimum atomic E-state index is 0.794. The fourth-order valence-electron chi connectivity index (χ4n) is 1.80. The molecule has 2 nitrogen and oxygen atoms in total. The van der Waals surface area contributed by atoms with Gasteiger partial charge in [-0.25, -0.2) is 0 Å². The highest BCUT2D eigenvalue weighted by molar-refractivity contribution is 7.99. The summed E-state index contributed by atoms with van der Waals surface area (Å²) in [5.74, 6) is 0.935. The van der Waals surface area contributed by atoms with E-state index in [-0.39, 0.29) is 0 Å². The molecule has 0 fully saturated rings. The Labute approximate surface area is 112 Å². The van der Waals surface area contributed by atoms with Crippen LogP contribution in [0, 0.1) is 13.8 Å². The molecule has 0 unspecified atom stereocenters. The first-order valence-electron chi connectivity index (χ1n) is 5.79. The van der Waals surface area contributed by atoms with Crippen LogP contribution in [0.4, 0.5) is 5.69 Å². The number of nitrogens with two attached hydrogens (primary N) is 1. The SMILES string of the molecule is COc1cc(C)c(Sc2cccc(N)c2)cc1C. The smallest absolute Gasteiger partial charge is 0.122 e. The van der Waals surface area contributed by atoms with Crippen LogP contribution in [0.2, 0.25) is 0 Å². The number of rotatable bonds is 3. The van der Waals surface area contributed by atoms with Crippen molar-refractivity contribution in [2.75, 3.05) is 12.8 Å². The first-order valence-corrected chi connectivity index (χ1v) is 6.60. The van der Waals surface area contributed by atoms with Crippen LogP contribution in [0.1, 0.15) is 11.1 Å². The highest BCUT2D eigenvalue weighted by Crippen LogP contribution is 2.34. The van der Waals surface area contributed by atoms with Gasteiger partial charge < -0.3 is 10.5 Å². The quantitative estimate of drug-likeness (QED) is 0.845. The van der Waals surface area contributed by atoms with Crippen molar-refractivity contribution >= 4 is 17.4 Å². The topological polar surface area (TPSA) is 35.2 Å². The van der Waals surface area contributed by atoms with E-state index in [1.807, 2.05) is 18.2 Å². The molecule has 0 heterocycles. The second kappa shape index (κ2) is 5.36. The van der Waals surface area contributed by atoms with Crippen LogP contribution < -0.4 is 10.5 Å². The number of hydrogen-bond donors (Lipinski definition) is 1. The van der Waals surface area contributed by atoms with Crippen LogP contribution >= 0.6 is 11.8 Å². The highest BCUT2D eigenvalue weighted by Gasteiger charge is 2.06. The van der Waals surface area contributed by atoms with Gasteiger partial charge in [0.15, 0.2) is 0 Å². The van der Waals surface area contributed by atoms with Crippen LogP contribution in [-0.4, -0.2) is 7.11 Å². The molecule has 94 valence electrons. The molecule has 2 rings (SSSR count). The summed E-state index contributed by atoms with van der Waals surface area (Å²) < 4.78 is 5.32. The van der Waals surface area contributed by atoms with Crippen molar-refractivity contribution in [2.45, 2.75) is 23.6 Å². The van der Waals surface area contributed by atoms with Gasteiger partial charge in [-0.15, -0.1) is 0 Å². The number of methoxy groups -OCH3 is 1. The number of hydrogen-bond acceptors (Lipinski definition) is 3. The van der Waals surface area contributed by atoms with Crippen molar-refractivity contribution in [3.63, 3.8) is 0 Å². The van der Waals surface area contributed by atoms with Crippen molar-refractivity contribution in [3.05, 3.63) is 47.5 Å². The lowest BCUT2D eigenvalue weighted by molar-refractivity contribution is 0.411. The molecule has 2 aromatic carbocycles. The summed E-state index contributed by atoms with van der Waals surface area (Å²) >= 11 is 1.73. The Kier molecular flexibility index (Phi) is 3.82. The average molecular weight is 259 g/mol. The van der Waals surface area contributed by atoms with Gasteiger partial charge in [-0.2, -0.15) is 0 Å². The van der Waals surface area contributed by atoms with E-state index in [1.165, 1.54) is 10.5 Å². The van der Waals surface area contributed by atoms with Gasteiger partial charge in [0.2, 0.25) is 0 Å². The van der Waals surface area contributed by atoms with Gasteiger partial charge in [-0.3, -0.25) is 0 Å². The minimum absolute atomic E-state index is 0.794. The molecule has 0 aliphatic carbocycles. The van der Waals surface area contributed by atoms with Gasteiger partial charge >= 0.3 is 0 Å². The summed E-state index contributed by atoms with van der Waals surface area (Å²) in [4.78, 5) is 2.39. The number of ether oxygens (including phenoxy) is 1. The lowest BCUT2D eigenvalue weighted by Crippen LogP contribution is -1.90. The molecule has 2 aromatic rings. The first kappa shape index (κ1) is 12.8. The third-order valence-electron chi connectivity index (χ3n) is 2.78. The Morgan fingerprint density at radius 3 is 2.50 bits per heavy atom. The van der Waals surface area contributed by atoms with Crippen LogP contribution in [0.5, 0.6) is 5.75 Å². The number of anilines is 1. The van der Waals surface area contributed by atoms with E-state index in [4.69, 9.17) is 10.5 Å². The predicted molar refractivity (Wildman–Crippen MR) is 77.4 cm³/mol. The van der Waals surface area contributed by atoms with Crippen molar-refractivity contribution in [1.29, 1.82) is 0 Å². The summed E-state index contributed by atoms with van der Waals surface area (Å²) in [6.07, 6.45) is 0. The Hall–Kier alpha value is -1.61. The summed E-state index contributed by atoms with van der Waals surface area (Å²) in [7, 11) is 1.70. The number of benzene rings is 2. The van der Waals surface area contributed by atoms with Crippen molar-refractivity contribution in [3.8, 4) is 5.75 Å². The predicted octanol–water partition coefficient (Wildman–Crippen LogP) is 4.05. The Balaban J connectivity index is 2.32. The second-order valence-electron chi connectivity index (χ2n) is 4.26. The lowest BCUT2D eigenvalue weighted by atomic mass is 10.1. The maximum absolute atomic E-state index is 5.79. The van der Waals surface area contributed by atoms with Crippen LogP contribution in [0.15, 0.2) is 46.2 Å². The average Bonchev–Trinajstić information content (AvgIpc) is 2.33. The molecule has 0 aliphatic heterocycles. The van der Waals surface area contributed by atoms with Gasteiger partial charge in [0.25, 0.3) is 0 Å². The normalized spacial score (nSPS) is 10.4. The first-order chi connectivity index (χ1) is 8.60. The standard InChI is InChI=1S/C15H17NOS/c1-10-8-15(11(2)7-14(10)17-3)18-13-6-4-5-12(16)9-13/h4-9H,16H2,1-3H3. The van der Waals surface area contributed by atoms with Crippen molar-refractivity contribution in [2.24, 2.45) is 0 Å². The van der Waals surface area contributed by atoms with Crippen LogP contribution in [-0.2, 0) is 0 Å². The zero-order chi connectivity index (χ0) is 13.1. The van der Waals surface area contributed by atoms with E-state index in [0.29, 0.717) is 0 Å². The highest BCUT2D eigenvalue weighted by atomic mass is 32.2.